The maximum Gasteiger partial charge on any atom is 0.191 e. The van der Waals surface area contributed by atoms with Gasteiger partial charge in [-0.15, -0.1) is 24.0 Å². The molecule has 1 aromatic rings. The molecule has 148 valence electrons. The number of rotatable bonds is 8. The van der Waals surface area contributed by atoms with Crippen LogP contribution in [0.5, 0.6) is 0 Å². The van der Waals surface area contributed by atoms with E-state index in [1.165, 1.54) is 6.07 Å². The van der Waals surface area contributed by atoms with Gasteiger partial charge in [0.15, 0.2) is 5.96 Å². The van der Waals surface area contributed by atoms with Crippen LogP contribution in [-0.2, 0) is 16.0 Å². The molecule has 0 unspecified atom stereocenters. The molecular formula is C18H28F2IN3O2. The fourth-order valence-corrected chi connectivity index (χ4v) is 2.62. The average molecular weight is 483 g/mol. The number of nitrogens with one attached hydrogen (secondary N) is 2. The molecule has 0 atom stereocenters. The van der Waals surface area contributed by atoms with E-state index in [1.807, 2.05) is 0 Å². The van der Waals surface area contributed by atoms with Crippen LogP contribution in [0.25, 0.3) is 0 Å². The van der Waals surface area contributed by atoms with Crippen molar-refractivity contribution in [1.29, 1.82) is 0 Å². The summed E-state index contributed by atoms with van der Waals surface area (Å²) in [7, 11) is 1.64. The Bertz CT molecular complexity index is 555. The number of benzene rings is 1. The summed E-state index contributed by atoms with van der Waals surface area (Å²) < 4.78 is 37.7. The molecule has 26 heavy (non-hydrogen) atoms. The van der Waals surface area contributed by atoms with Gasteiger partial charge in [-0.1, -0.05) is 0 Å². The zero-order valence-corrected chi connectivity index (χ0v) is 17.4. The van der Waals surface area contributed by atoms with Crippen LogP contribution in [0.1, 0.15) is 24.8 Å². The van der Waals surface area contributed by atoms with Crippen LogP contribution in [0.15, 0.2) is 23.2 Å². The third-order valence-corrected chi connectivity index (χ3v) is 4.13. The molecule has 0 aliphatic carbocycles. The molecule has 1 heterocycles. The fraction of sp³-hybridized carbons (Fsp3) is 0.611. The number of hydrogen-bond donors (Lipinski definition) is 2. The summed E-state index contributed by atoms with van der Waals surface area (Å²) in [5.41, 5.74) is 0.266. The van der Waals surface area contributed by atoms with E-state index in [0.717, 1.165) is 51.2 Å². The van der Waals surface area contributed by atoms with Gasteiger partial charge >= 0.3 is 0 Å². The molecule has 0 amide bonds. The van der Waals surface area contributed by atoms with E-state index in [-0.39, 0.29) is 36.1 Å². The van der Waals surface area contributed by atoms with E-state index in [4.69, 9.17) is 9.47 Å². The predicted octanol–water partition coefficient (Wildman–Crippen LogP) is 3.08. The molecule has 0 spiro atoms. The summed E-state index contributed by atoms with van der Waals surface area (Å²) in [5, 5.41) is 6.11. The standard InChI is InChI=1S/C18H27F2N3O2.HI/c1-21-18(23-12-15-11-16(19)3-4-17(15)20)22-7-2-8-25-13-14-5-9-24-10-6-14;/h3-4,11,14H,2,5-10,12-13H2,1H3,(H2,21,22,23);1H. The lowest BCUT2D eigenvalue weighted by Crippen LogP contribution is -2.37. The maximum absolute atomic E-state index is 13.6. The van der Waals surface area contributed by atoms with Crippen LogP contribution in [0, 0.1) is 17.6 Å². The SMILES string of the molecule is CN=C(NCCCOCC1CCOCC1)NCc1cc(F)ccc1F.I. The number of ether oxygens (including phenoxy) is 2. The molecule has 1 fully saturated rings. The highest BCUT2D eigenvalue weighted by Crippen LogP contribution is 2.14. The zero-order chi connectivity index (χ0) is 17.9. The molecule has 0 aromatic heterocycles. The van der Waals surface area contributed by atoms with Crippen LogP contribution in [0.3, 0.4) is 0 Å². The van der Waals surface area contributed by atoms with Crippen LogP contribution >= 0.6 is 24.0 Å². The first-order valence-electron chi connectivity index (χ1n) is 8.73. The average Bonchev–Trinajstić information content (AvgIpc) is 2.64. The Morgan fingerprint density at radius 2 is 2.04 bits per heavy atom. The van der Waals surface area contributed by atoms with Gasteiger partial charge in [0, 0.05) is 52.1 Å². The third-order valence-electron chi connectivity index (χ3n) is 4.13. The van der Waals surface area contributed by atoms with Crippen LogP contribution < -0.4 is 10.6 Å². The van der Waals surface area contributed by atoms with Crippen molar-refractivity contribution in [3.8, 4) is 0 Å². The van der Waals surface area contributed by atoms with Crippen LogP contribution in [-0.4, -0.2) is 46.0 Å². The minimum Gasteiger partial charge on any atom is -0.381 e. The minimum atomic E-state index is -0.456. The molecular weight excluding hydrogens is 455 g/mol. The highest BCUT2D eigenvalue weighted by molar-refractivity contribution is 14.0. The van der Waals surface area contributed by atoms with Crippen molar-refractivity contribution in [3.63, 3.8) is 0 Å². The van der Waals surface area contributed by atoms with E-state index >= 15 is 0 Å². The second-order valence-corrected chi connectivity index (χ2v) is 6.07. The number of guanidine groups is 1. The lowest BCUT2D eigenvalue weighted by molar-refractivity contribution is 0.0203. The molecule has 2 N–H and O–H groups in total. The normalized spacial score (nSPS) is 15.4. The Labute approximate surface area is 171 Å². The van der Waals surface area contributed by atoms with E-state index in [2.05, 4.69) is 15.6 Å². The van der Waals surface area contributed by atoms with Gasteiger partial charge in [0.2, 0.25) is 0 Å². The summed E-state index contributed by atoms with van der Waals surface area (Å²) in [6.45, 7) is 4.00. The molecule has 1 aromatic carbocycles. The molecule has 0 radical (unpaired) electrons. The van der Waals surface area contributed by atoms with Gasteiger partial charge in [0.1, 0.15) is 11.6 Å². The quantitative estimate of drug-likeness (QED) is 0.258. The van der Waals surface area contributed by atoms with Crippen molar-refractivity contribution in [2.75, 3.05) is 40.0 Å². The topological polar surface area (TPSA) is 54.9 Å². The minimum absolute atomic E-state index is 0. The van der Waals surface area contributed by atoms with Crippen molar-refractivity contribution in [2.24, 2.45) is 10.9 Å². The number of nitrogens with zero attached hydrogens (tertiary/aromatic N) is 1. The van der Waals surface area contributed by atoms with Crippen molar-refractivity contribution in [2.45, 2.75) is 25.8 Å². The second-order valence-electron chi connectivity index (χ2n) is 6.07. The lowest BCUT2D eigenvalue weighted by atomic mass is 10.0. The van der Waals surface area contributed by atoms with Gasteiger partial charge in [0.25, 0.3) is 0 Å². The Morgan fingerprint density at radius 3 is 2.77 bits per heavy atom. The van der Waals surface area contributed by atoms with Crippen molar-refractivity contribution < 1.29 is 18.3 Å². The molecule has 5 nitrogen and oxygen atoms in total. The molecule has 8 heteroatoms. The number of halogens is 3. The second kappa shape index (κ2) is 13.2. The van der Waals surface area contributed by atoms with Gasteiger partial charge in [-0.05, 0) is 43.4 Å². The van der Waals surface area contributed by atoms with E-state index in [0.29, 0.717) is 25.0 Å². The van der Waals surface area contributed by atoms with E-state index < -0.39 is 11.6 Å². The predicted molar refractivity (Wildman–Crippen MR) is 109 cm³/mol. The summed E-state index contributed by atoms with van der Waals surface area (Å²) >= 11 is 0. The van der Waals surface area contributed by atoms with Crippen molar-refractivity contribution in [1.82, 2.24) is 10.6 Å². The molecule has 2 rings (SSSR count). The molecule has 1 saturated heterocycles. The largest absolute Gasteiger partial charge is 0.381 e. The smallest absolute Gasteiger partial charge is 0.191 e. The summed E-state index contributed by atoms with van der Waals surface area (Å²) in [6, 6.07) is 3.41. The summed E-state index contributed by atoms with van der Waals surface area (Å²) in [4.78, 5) is 4.07. The summed E-state index contributed by atoms with van der Waals surface area (Å²) in [6.07, 6.45) is 3.00. The van der Waals surface area contributed by atoms with Gasteiger partial charge < -0.3 is 20.1 Å². The molecule has 1 aliphatic rings. The van der Waals surface area contributed by atoms with E-state index in [9.17, 15) is 8.78 Å². The van der Waals surface area contributed by atoms with Gasteiger partial charge in [-0.2, -0.15) is 0 Å². The van der Waals surface area contributed by atoms with Crippen LogP contribution in [0.2, 0.25) is 0 Å². The highest BCUT2D eigenvalue weighted by Gasteiger charge is 2.13. The number of hydrogen-bond acceptors (Lipinski definition) is 3. The highest BCUT2D eigenvalue weighted by atomic mass is 127. The first-order valence-corrected chi connectivity index (χ1v) is 8.73. The molecule has 1 aliphatic heterocycles. The van der Waals surface area contributed by atoms with Crippen molar-refractivity contribution in [3.05, 3.63) is 35.4 Å². The Kier molecular flexibility index (Phi) is 11.7. The van der Waals surface area contributed by atoms with Gasteiger partial charge in [-0.25, -0.2) is 8.78 Å². The molecule has 0 bridgehead atoms. The summed E-state index contributed by atoms with van der Waals surface area (Å²) in [5.74, 6) is 0.263. The van der Waals surface area contributed by atoms with Gasteiger partial charge in [0.05, 0.1) is 0 Å². The first-order chi connectivity index (χ1) is 12.2. The van der Waals surface area contributed by atoms with E-state index in [1.54, 1.807) is 7.05 Å². The first kappa shape index (κ1) is 23.0. The Hall–Kier alpha value is -1.00. The monoisotopic (exact) mass is 483 g/mol. The van der Waals surface area contributed by atoms with Gasteiger partial charge in [-0.3, -0.25) is 4.99 Å². The third kappa shape index (κ3) is 8.59. The van der Waals surface area contributed by atoms with Crippen LogP contribution in [0.4, 0.5) is 8.78 Å². The Morgan fingerprint density at radius 1 is 1.27 bits per heavy atom. The zero-order valence-electron chi connectivity index (χ0n) is 15.1. The Balaban J connectivity index is 0.00000338. The number of aliphatic imine (C=N–C) groups is 1. The lowest BCUT2D eigenvalue weighted by Gasteiger charge is -2.21. The molecule has 0 saturated carbocycles. The maximum atomic E-state index is 13.6. The fourth-order valence-electron chi connectivity index (χ4n) is 2.62. The van der Waals surface area contributed by atoms with Crippen molar-refractivity contribution >= 4 is 29.9 Å².